The maximum Gasteiger partial charge on any atom is 0.136 e. The molecule has 2 unspecified atom stereocenters. The van der Waals surface area contributed by atoms with E-state index < -0.39 is 6.04 Å². The van der Waals surface area contributed by atoms with E-state index in [1.54, 1.807) is 0 Å². The number of nitrogens with two attached hydrogens (primary N) is 1. The second-order valence-corrected chi connectivity index (χ2v) is 6.16. The van der Waals surface area contributed by atoms with Crippen LogP contribution in [0.3, 0.4) is 0 Å². The number of hydrogen-bond acceptors (Lipinski definition) is 5. The molecule has 3 N–H and O–H groups in total. The van der Waals surface area contributed by atoms with Gasteiger partial charge in [0.1, 0.15) is 13.1 Å². The van der Waals surface area contributed by atoms with Crippen LogP contribution in [0.1, 0.15) is 106 Å². The van der Waals surface area contributed by atoms with E-state index in [9.17, 15) is 4.79 Å². The van der Waals surface area contributed by atoms with Crippen molar-refractivity contribution in [3.05, 3.63) is 0 Å². The van der Waals surface area contributed by atoms with Crippen molar-refractivity contribution < 1.29 is 51.3 Å². The Kier molecular flexibility index (Phi) is 94.5. The minimum absolute atomic E-state index is 0. The predicted molar refractivity (Wildman–Crippen MR) is 121 cm³/mol. The van der Waals surface area contributed by atoms with E-state index in [4.69, 9.17) is 15.1 Å². The number of unbranched alkanes of at least 4 members (excludes halogenated alkanes) is 5. The van der Waals surface area contributed by atoms with E-state index in [-0.39, 0.29) is 37.1 Å². The van der Waals surface area contributed by atoms with Gasteiger partial charge in [0.05, 0.1) is 6.04 Å². The van der Waals surface area contributed by atoms with Crippen molar-refractivity contribution in [1.82, 2.24) is 0 Å². The van der Waals surface area contributed by atoms with E-state index in [1.807, 2.05) is 34.5 Å². The first-order chi connectivity index (χ1) is 12.6. The number of carbonyl (C=O) groups excluding carboxylic acids is 2. The molecule has 7 heteroatoms. The maximum atomic E-state index is 9.79. The molecule has 2 atom stereocenters. The van der Waals surface area contributed by atoms with Crippen molar-refractivity contribution in [3.8, 4) is 0 Å². The normalized spacial score (nSPS) is 10.0. The van der Waals surface area contributed by atoms with Crippen LogP contribution in [-0.2, 0) is 46.7 Å². The van der Waals surface area contributed by atoms with Crippen LogP contribution in [0.25, 0.3) is 0 Å². The van der Waals surface area contributed by atoms with Crippen LogP contribution in [0.15, 0.2) is 0 Å². The second-order valence-electron chi connectivity index (χ2n) is 5.49. The van der Waals surface area contributed by atoms with Gasteiger partial charge in [0.15, 0.2) is 0 Å². The van der Waals surface area contributed by atoms with Crippen molar-refractivity contribution in [1.29, 1.82) is 0 Å². The first-order valence-corrected chi connectivity index (χ1v) is 11.3. The van der Waals surface area contributed by atoms with Crippen LogP contribution < -0.4 is 5.73 Å². The molecule has 0 bridgehead atoms. The van der Waals surface area contributed by atoms with Gasteiger partial charge in [-0.1, -0.05) is 99.8 Å². The Morgan fingerprint density at radius 3 is 1.71 bits per heavy atom. The van der Waals surface area contributed by atoms with Crippen LogP contribution in [0.4, 0.5) is 0 Å². The van der Waals surface area contributed by atoms with Crippen LogP contribution in [0, 0.1) is 5.92 Å². The Morgan fingerprint density at radius 1 is 0.929 bits per heavy atom. The third-order valence-electron chi connectivity index (χ3n) is 3.46. The minimum Gasteiger partial charge on any atom is -0.330 e. The first kappa shape index (κ1) is 46.8. The van der Waals surface area contributed by atoms with Gasteiger partial charge in [-0.3, -0.25) is 0 Å². The summed E-state index contributed by atoms with van der Waals surface area (Å²) in [5, 5.41) is 0. The van der Waals surface area contributed by atoms with Crippen LogP contribution in [0.5, 0.6) is 0 Å². The molecule has 0 aromatic rings. The molecule has 0 heterocycles. The molecule has 28 heavy (non-hydrogen) atoms. The van der Waals surface area contributed by atoms with Crippen molar-refractivity contribution in [3.63, 3.8) is 0 Å². The SMILES string of the molecule is C=O.CC.CC.CCCCCCCCC(C)CC.NC(C=O)CCSO.[V].[V]. The molecule has 0 fully saturated rings. The number of carbonyl (C=O) groups is 2. The van der Waals surface area contributed by atoms with Crippen LogP contribution >= 0.6 is 12.0 Å². The van der Waals surface area contributed by atoms with E-state index in [0.717, 1.165) is 5.92 Å². The molecule has 4 nitrogen and oxygen atoms in total. The molecule has 0 aliphatic rings. The van der Waals surface area contributed by atoms with E-state index in [0.29, 0.717) is 30.5 Å². The summed E-state index contributed by atoms with van der Waals surface area (Å²) in [6.07, 6.45) is 12.7. The van der Waals surface area contributed by atoms with Crippen LogP contribution in [-0.4, -0.2) is 29.4 Å². The summed E-state index contributed by atoms with van der Waals surface area (Å²) in [4.78, 5) is 17.8. The Bertz CT molecular complexity index is 218. The summed E-state index contributed by atoms with van der Waals surface area (Å²) in [7, 11) is 0. The Balaban J connectivity index is -0.0000000484. The summed E-state index contributed by atoms with van der Waals surface area (Å²) in [5.41, 5.74) is 5.17. The number of aldehydes is 1. The van der Waals surface area contributed by atoms with Gasteiger partial charge >= 0.3 is 0 Å². The molecule has 0 aromatic heterocycles. The molecular weight excluding hydrogens is 448 g/mol. The van der Waals surface area contributed by atoms with Gasteiger partial charge in [-0.05, 0) is 24.4 Å². The molecule has 172 valence electrons. The zero-order chi connectivity index (χ0) is 21.6. The van der Waals surface area contributed by atoms with Crippen molar-refractivity contribution in [2.75, 3.05) is 5.75 Å². The van der Waals surface area contributed by atoms with E-state index in [1.165, 1.54) is 51.4 Å². The average molecular weight is 498 g/mol. The zero-order valence-corrected chi connectivity index (χ0v) is 23.3. The minimum atomic E-state index is -0.408. The van der Waals surface area contributed by atoms with Gasteiger partial charge in [-0.2, -0.15) is 0 Å². The molecule has 0 aliphatic heterocycles. The third-order valence-corrected chi connectivity index (χ3v) is 3.88. The molecule has 0 aliphatic carbocycles. The number of rotatable bonds is 12. The largest absolute Gasteiger partial charge is 0.330 e. The quantitative estimate of drug-likeness (QED) is 0.177. The summed E-state index contributed by atoms with van der Waals surface area (Å²) < 4.78 is 8.16. The van der Waals surface area contributed by atoms with E-state index >= 15 is 0 Å². The summed E-state index contributed by atoms with van der Waals surface area (Å²) in [5.74, 6) is 1.48. The monoisotopic (exact) mass is 497 g/mol. The Morgan fingerprint density at radius 2 is 1.36 bits per heavy atom. The Hall–Kier alpha value is 0.779. The fourth-order valence-electron chi connectivity index (χ4n) is 1.73. The zero-order valence-electron chi connectivity index (χ0n) is 19.7. The van der Waals surface area contributed by atoms with Crippen molar-refractivity contribution in [2.45, 2.75) is 112 Å². The topological polar surface area (TPSA) is 80.4 Å². The standard InChI is InChI=1S/C12H26.C4H9NO2S.2C2H6.CH2O.2V/c1-4-6-7-8-9-10-11-12(3)5-2;5-4(3-6)1-2-8-7;3*1-2;;/h12H,4-11H2,1-3H3;3-4,7H,1-2,5H2;2*1-2H3;1H2;;. The van der Waals surface area contributed by atoms with Crippen LogP contribution in [0.2, 0.25) is 0 Å². The number of hydrogen-bond donors (Lipinski definition) is 2. The average Bonchev–Trinajstić information content (AvgIpc) is 2.73. The summed E-state index contributed by atoms with van der Waals surface area (Å²) in [6.45, 7) is 16.9. The van der Waals surface area contributed by atoms with Gasteiger partial charge in [0, 0.05) is 42.9 Å². The molecular formula is C21H49NO3SV2. The molecule has 0 saturated carbocycles. The van der Waals surface area contributed by atoms with E-state index in [2.05, 4.69) is 20.8 Å². The van der Waals surface area contributed by atoms with Gasteiger partial charge in [0.25, 0.3) is 0 Å². The maximum absolute atomic E-state index is 9.79. The van der Waals surface area contributed by atoms with Gasteiger partial charge < -0.3 is 19.9 Å². The smallest absolute Gasteiger partial charge is 0.136 e. The second kappa shape index (κ2) is 56.5. The van der Waals surface area contributed by atoms with Gasteiger partial charge in [-0.25, -0.2) is 0 Å². The van der Waals surface area contributed by atoms with Gasteiger partial charge in [0.2, 0.25) is 0 Å². The third kappa shape index (κ3) is 63.2. The van der Waals surface area contributed by atoms with Crippen molar-refractivity contribution in [2.24, 2.45) is 11.7 Å². The summed E-state index contributed by atoms with van der Waals surface area (Å²) in [6, 6.07) is -0.408. The molecule has 0 aromatic carbocycles. The Labute approximate surface area is 205 Å². The molecule has 0 amide bonds. The first-order valence-electron chi connectivity index (χ1n) is 10.4. The molecule has 0 spiro atoms. The van der Waals surface area contributed by atoms with Gasteiger partial charge in [-0.15, -0.1) is 0 Å². The fraction of sp³-hybridized carbons (Fsp3) is 0.905. The molecule has 0 saturated heterocycles. The molecule has 2 radical (unpaired) electrons. The molecule has 0 rings (SSSR count). The summed E-state index contributed by atoms with van der Waals surface area (Å²) >= 11 is 0.706. The van der Waals surface area contributed by atoms with Crippen molar-refractivity contribution >= 4 is 25.1 Å². The fourth-order valence-corrected chi connectivity index (χ4v) is 2.11. The predicted octanol–water partition coefficient (Wildman–Crippen LogP) is 6.75.